The highest BCUT2D eigenvalue weighted by Crippen LogP contribution is 2.57. The van der Waals surface area contributed by atoms with Crippen LogP contribution in [0.2, 0.25) is 0 Å². The fourth-order valence-corrected chi connectivity index (χ4v) is 11.0. The molecule has 2 saturated carbocycles. The molecule has 6 nitrogen and oxygen atoms in total. The first-order valence-corrected chi connectivity index (χ1v) is 15.0. The monoisotopic (exact) mass is 490 g/mol. The molecule has 0 aromatic rings. The van der Waals surface area contributed by atoms with Crippen molar-refractivity contribution in [1.29, 1.82) is 0 Å². The second-order valence-corrected chi connectivity index (χ2v) is 13.7. The van der Waals surface area contributed by atoms with E-state index in [2.05, 4.69) is 84.3 Å². The summed E-state index contributed by atoms with van der Waals surface area (Å²) in [5.41, 5.74) is 3.16. The Bertz CT molecular complexity index is 931. The summed E-state index contributed by atoms with van der Waals surface area (Å²) in [4.78, 5) is 0. The summed E-state index contributed by atoms with van der Waals surface area (Å²) < 4.78 is 0. The summed E-state index contributed by atoms with van der Waals surface area (Å²) >= 11 is 0. The van der Waals surface area contributed by atoms with Gasteiger partial charge in [0.15, 0.2) is 0 Å². The van der Waals surface area contributed by atoms with Crippen molar-refractivity contribution in [3.05, 3.63) is 36.5 Å². The van der Waals surface area contributed by atoms with Gasteiger partial charge in [0, 0.05) is 41.9 Å². The van der Waals surface area contributed by atoms with E-state index in [-0.39, 0.29) is 12.3 Å². The van der Waals surface area contributed by atoms with Gasteiger partial charge in [-0.1, -0.05) is 50.0 Å². The van der Waals surface area contributed by atoms with E-state index in [0.717, 1.165) is 11.8 Å². The molecule has 0 amide bonds. The van der Waals surface area contributed by atoms with Gasteiger partial charge >= 0.3 is 0 Å². The minimum atomic E-state index is 0.254. The normalized spacial score (nSPS) is 62.2. The van der Waals surface area contributed by atoms with Crippen molar-refractivity contribution in [2.45, 2.75) is 102 Å². The second kappa shape index (κ2) is 7.77. The molecule has 0 radical (unpaired) electrons. The van der Waals surface area contributed by atoms with Crippen LogP contribution in [0.5, 0.6) is 0 Å². The van der Waals surface area contributed by atoms with Crippen molar-refractivity contribution in [1.82, 2.24) is 31.3 Å². The minimum Gasteiger partial charge on any atom is -0.297 e. The van der Waals surface area contributed by atoms with Gasteiger partial charge in [-0.2, -0.15) is 0 Å². The molecule has 8 fully saturated rings. The first-order valence-electron chi connectivity index (χ1n) is 15.0. The molecule has 6 saturated heterocycles. The van der Waals surface area contributed by atoms with Gasteiger partial charge in [0.25, 0.3) is 0 Å². The predicted octanol–water partition coefficient (Wildman–Crippen LogP) is 2.99. The number of hydrogen-bond donors (Lipinski definition) is 4. The van der Waals surface area contributed by atoms with E-state index in [0.29, 0.717) is 72.0 Å². The summed E-state index contributed by atoms with van der Waals surface area (Å²) in [6.45, 7) is 18.6. The highest BCUT2D eigenvalue weighted by Gasteiger charge is 2.67. The SMILES string of the molecule is C=CC1C(C)C2NC3C4CCCCC4C4NC5C(C)C(C=C)C6NC7C(C)=C(C)C(NC1N2N56)C7C34. The van der Waals surface area contributed by atoms with Crippen molar-refractivity contribution in [3.8, 4) is 0 Å². The van der Waals surface area contributed by atoms with E-state index in [1.807, 2.05) is 0 Å². The first kappa shape index (κ1) is 22.9. The molecule has 12 bridgehead atoms. The number of hydrogen-bond acceptors (Lipinski definition) is 6. The van der Waals surface area contributed by atoms with Gasteiger partial charge in [0.05, 0.1) is 24.7 Å². The molecule has 6 heteroatoms. The van der Waals surface area contributed by atoms with Crippen LogP contribution in [0.15, 0.2) is 36.5 Å². The molecular weight excluding hydrogens is 444 g/mol. The highest BCUT2D eigenvalue weighted by molar-refractivity contribution is 5.36. The smallest absolute Gasteiger partial charge is 0.0826 e. The Labute approximate surface area is 217 Å². The lowest BCUT2D eigenvalue weighted by Crippen LogP contribution is -2.68. The average molecular weight is 491 g/mol. The maximum atomic E-state index is 4.46. The van der Waals surface area contributed by atoms with E-state index in [1.165, 1.54) is 25.7 Å². The van der Waals surface area contributed by atoms with Crippen LogP contribution in [0, 0.1) is 47.3 Å². The number of nitrogens with one attached hydrogen (secondary N) is 4. The van der Waals surface area contributed by atoms with Crippen LogP contribution in [-0.4, -0.2) is 58.8 Å². The minimum absolute atomic E-state index is 0.254. The third kappa shape index (κ3) is 2.60. The summed E-state index contributed by atoms with van der Waals surface area (Å²) in [6, 6.07) is 1.97. The third-order valence-electron chi connectivity index (χ3n) is 12.7. The molecule has 0 spiro atoms. The van der Waals surface area contributed by atoms with E-state index in [9.17, 15) is 0 Å². The summed E-state index contributed by atoms with van der Waals surface area (Å²) in [5.74, 6) is 4.57. The molecule has 9 aliphatic rings. The number of nitrogens with zero attached hydrogens (tertiary/aromatic N) is 2. The zero-order chi connectivity index (χ0) is 24.6. The van der Waals surface area contributed by atoms with Crippen LogP contribution in [0.3, 0.4) is 0 Å². The molecular formula is C30H46N6. The Kier molecular flexibility index (Phi) is 4.94. The van der Waals surface area contributed by atoms with Crippen LogP contribution in [0.25, 0.3) is 0 Å². The molecule has 9 rings (SSSR count). The molecule has 196 valence electrons. The van der Waals surface area contributed by atoms with E-state index < -0.39 is 0 Å². The zero-order valence-corrected chi connectivity index (χ0v) is 22.5. The molecule has 0 aromatic carbocycles. The highest BCUT2D eigenvalue weighted by atomic mass is 15.8. The van der Waals surface area contributed by atoms with Gasteiger partial charge < -0.3 is 0 Å². The molecule has 36 heavy (non-hydrogen) atoms. The van der Waals surface area contributed by atoms with Gasteiger partial charge in [-0.25, -0.2) is 10.0 Å². The van der Waals surface area contributed by atoms with E-state index in [4.69, 9.17) is 0 Å². The maximum absolute atomic E-state index is 4.46. The van der Waals surface area contributed by atoms with Crippen LogP contribution in [-0.2, 0) is 0 Å². The van der Waals surface area contributed by atoms with Gasteiger partial charge in [-0.15, -0.1) is 13.2 Å². The molecule has 16 unspecified atom stereocenters. The van der Waals surface area contributed by atoms with Crippen LogP contribution in [0.1, 0.15) is 53.4 Å². The number of fused-ring (bicyclic) bond motifs is 1. The van der Waals surface area contributed by atoms with E-state index >= 15 is 0 Å². The van der Waals surface area contributed by atoms with Gasteiger partial charge in [-0.05, 0) is 56.3 Å². The summed E-state index contributed by atoms with van der Waals surface area (Å²) in [6.07, 6.45) is 11.2. The van der Waals surface area contributed by atoms with Crippen molar-refractivity contribution in [2.24, 2.45) is 47.3 Å². The fourth-order valence-electron chi connectivity index (χ4n) is 11.0. The topological polar surface area (TPSA) is 54.6 Å². The van der Waals surface area contributed by atoms with E-state index in [1.54, 1.807) is 11.1 Å². The van der Waals surface area contributed by atoms with Gasteiger partial charge in [0.2, 0.25) is 0 Å². The Hall–Kier alpha value is -1.02. The van der Waals surface area contributed by atoms with Crippen molar-refractivity contribution in [2.75, 3.05) is 0 Å². The molecule has 16 atom stereocenters. The van der Waals surface area contributed by atoms with Crippen LogP contribution in [0.4, 0.5) is 0 Å². The first-order chi connectivity index (χ1) is 17.5. The third-order valence-corrected chi connectivity index (χ3v) is 12.7. The van der Waals surface area contributed by atoms with Crippen LogP contribution < -0.4 is 21.3 Å². The predicted molar refractivity (Wildman–Crippen MR) is 143 cm³/mol. The standard InChI is InChI=1S/C30H46N6/c1-7-17-15(5)27-33-25-19-11-9-10-12-20(19)26-22(25)21-23-13(3)14(4)24(21)32-30-18(8-2)16(6)28(34-26)36(30)35(27)29(17)31-23/h7-8,15-34H,1-2,9-12H2,3-6H3. The Morgan fingerprint density at radius 3 is 1.53 bits per heavy atom. The van der Waals surface area contributed by atoms with Crippen molar-refractivity contribution < 1.29 is 0 Å². The Morgan fingerprint density at radius 1 is 0.667 bits per heavy atom. The molecule has 0 aromatic heterocycles. The zero-order valence-electron chi connectivity index (χ0n) is 22.5. The summed E-state index contributed by atoms with van der Waals surface area (Å²) in [7, 11) is 0. The molecule has 4 N–H and O–H groups in total. The van der Waals surface area contributed by atoms with Gasteiger partial charge in [-0.3, -0.25) is 21.3 Å². The van der Waals surface area contributed by atoms with Crippen LogP contribution >= 0.6 is 0 Å². The fraction of sp³-hybridized carbons (Fsp3) is 0.800. The second-order valence-electron chi connectivity index (χ2n) is 13.7. The quantitative estimate of drug-likeness (QED) is 0.447. The molecule has 6 heterocycles. The maximum Gasteiger partial charge on any atom is 0.0826 e. The van der Waals surface area contributed by atoms with Gasteiger partial charge in [0.1, 0.15) is 0 Å². The average Bonchev–Trinajstić information content (AvgIpc) is 3.53. The lowest BCUT2D eigenvalue weighted by molar-refractivity contribution is -0.144. The Morgan fingerprint density at radius 2 is 1.11 bits per heavy atom. The van der Waals surface area contributed by atoms with Crippen molar-refractivity contribution >= 4 is 0 Å². The lowest BCUT2D eigenvalue weighted by Gasteiger charge is -2.48. The number of rotatable bonds is 2. The Balaban J connectivity index is 1.42. The van der Waals surface area contributed by atoms with Crippen molar-refractivity contribution in [3.63, 3.8) is 0 Å². The number of hydrazine groups is 1. The summed E-state index contributed by atoms with van der Waals surface area (Å²) in [5, 5.41) is 23.2. The molecule has 3 aliphatic carbocycles. The lowest BCUT2D eigenvalue weighted by atomic mass is 9.75. The molecule has 6 aliphatic heterocycles. The largest absolute Gasteiger partial charge is 0.297 e.